The van der Waals surface area contributed by atoms with Gasteiger partial charge in [0.1, 0.15) is 0 Å². The molecule has 0 aromatic heterocycles. The first-order valence-corrected chi connectivity index (χ1v) is 6.88. The number of aliphatic carboxylic acids is 1. The smallest absolute Gasteiger partial charge is 0.366 e. The number of allylic oxidation sites excluding steroid dienone is 2. The van der Waals surface area contributed by atoms with Crippen LogP contribution >= 0.6 is 0 Å². The summed E-state index contributed by atoms with van der Waals surface area (Å²) >= 11 is 0. The van der Waals surface area contributed by atoms with Crippen LogP contribution in [-0.2, 0) is 28.6 Å². The Kier molecular flexibility index (Phi) is 15.6. The van der Waals surface area contributed by atoms with Gasteiger partial charge in [-0.3, -0.25) is 4.79 Å². The number of carbonyl (C=O) groups is 3. The highest BCUT2D eigenvalue weighted by molar-refractivity contribution is 5.86. The SMILES string of the molecule is COC(=O)/C(F)=C/CCC(=O)O.COCCC/C=C(\F)C(=O)OC. The second kappa shape index (κ2) is 15.6. The van der Waals surface area contributed by atoms with Crippen molar-refractivity contribution in [3.63, 3.8) is 0 Å². The number of rotatable bonds is 9. The van der Waals surface area contributed by atoms with Crippen LogP contribution in [0.3, 0.4) is 0 Å². The fraction of sp³-hybridized carbons (Fsp3) is 0.533. The molecule has 138 valence electrons. The predicted molar refractivity (Wildman–Crippen MR) is 80.4 cm³/mol. The molecule has 1 N–H and O–H groups in total. The molecule has 0 spiro atoms. The zero-order valence-corrected chi connectivity index (χ0v) is 13.8. The molecular weight excluding hydrogens is 330 g/mol. The van der Waals surface area contributed by atoms with Crippen molar-refractivity contribution in [3.8, 4) is 0 Å². The maximum atomic E-state index is 12.6. The van der Waals surface area contributed by atoms with E-state index in [0.717, 1.165) is 20.3 Å². The van der Waals surface area contributed by atoms with Crippen molar-refractivity contribution in [2.75, 3.05) is 27.9 Å². The topological polar surface area (TPSA) is 99.1 Å². The molecule has 0 fully saturated rings. The summed E-state index contributed by atoms with van der Waals surface area (Å²) in [5, 5.41) is 8.15. The Morgan fingerprint density at radius 1 is 0.917 bits per heavy atom. The maximum Gasteiger partial charge on any atom is 0.366 e. The summed E-state index contributed by atoms with van der Waals surface area (Å²) in [7, 11) is 3.76. The van der Waals surface area contributed by atoms with Gasteiger partial charge in [0.15, 0.2) is 0 Å². The van der Waals surface area contributed by atoms with Gasteiger partial charge in [0.2, 0.25) is 11.7 Å². The van der Waals surface area contributed by atoms with Crippen molar-refractivity contribution < 1.29 is 42.5 Å². The van der Waals surface area contributed by atoms with E-state index in [0.29, 0.717) is 19.4 Å². The molecule has 0 radical (unpaired) electrons. The van der Waals surface area contributed by atoms with Crippen molar-refractivity contribution >= 4 is 17.9 Å². The minimum atomic E-state index is -1.08. The number of unbranched alkanes of at least 4 members (excludes halogenated alkanes) is 1. The first-order chi connectivity index (χ1) is 11.3. The lowest BCUT2D eigenvalue weighted by Crippen LogP contribution is -2.00. The van der Waals surface area contributed by atoms with E-state index in [-0.39, 0.29) is 12.8 Å². The Morgan fingerprint density at radius 2 is 1.38 bits per heavy atom. The Labute approximate surface area is 138 Å². The van der Waals surface area contributed by atoms with Gasteiger partial charge in [-0.15, -0.1) is 0 Å². The lowest BCUT2D eigenvalue weighted by atomic mass is 10.3. The lowest BCUT2D eigenvalue weighted by molar-refractivity contribution is -0.138. The van der Waals surface area contributed by atoms with Crippen molar-refractivity contribution in [1.82, 2.24) is 0 Å². The van der Waals surface area contributed by atoms with Crippen molar-refractivity contribution in [1.29, 1.82) is 0 Å². The van der Waals surface area contributed by atoms with E-state index in [1.165, 1.54) is 6.08 Å². The van der Waals surface area contributed by atoms with Gasteiger partial charge in [0.25, 0.3) is 0 Å². The number of carbonyl (C=O) groups excluding carboxylic acids is 2. The second-order valence-electron chi connectivity index (χ2n) is 4.15. The minimum Gasteiger partial charge on any atom is -0.481 e. The van der Waals surface area contributed by atoms with E-state index in [1.54, 1.807) is 7.11 Å². The average molecular weight is 352 g/mol. The molecule has 0 aromatic rings. The van der Waals surface area contributed by atoms with E-state index in [4.69, 9.17) is 9.84 Å². The largest absolute Gasteiger partial charge is 0.481 e. The number of esters is 2. The van der Waals surface area contributed by atoms with E-state index >= 15 is 0 Å². The van der Waals surface area contributed by atoms with E-state index in [2.05, 4.69) is 9.47 Å². The molecule has 0 bridgehead atoms. The van der Waals surface area contributed by atoms with Gasteiger partial charge < -0.3 is 19.3 Å². The van der Waals surface area contributed by atoms with Gasteiger partial charge in [-0.2, -0.15) is 8.78 Å². The Balaban J connectivity index is 0. The normalized spacial score (nSPS) is 11.2. The van der Waals surface area contributed by atoms with Gasteiger partial charge in [-0.1, -0.05) is 0 Å². The van der Waals surface area contributed by atoms with Crippen LogP contribution in [0.4, 0.5) is 8.78 Å². The number of halogens is 2. The highest BCUT2D eigenvalue weighted by Gasteiger charge is 2.07. The fourth-order valence-electron chi connectivity index (χ4n) is 1.14. The van der Waals surface area contributed by atoms with Crippen LogP contribution in [0.1, 0.15) is 25.7 Å². The summed E-state index contributed by atoms with van der Waals surface area (Å²) in [4.78, 5) is 30.8. The molecule has 0 amide bonds. The van der Waals surface area contributed by atoms with Crippen LogP contribution in [0.5, 0.6) is 0 Å². The van der Waals surface area contributed by atoms with Gasteiger partial charge >= 0.3 is 17.9 Å². The van der Waals surface area contributed by atoms with Crippen LogP contribution in [0.15, 0.2) is 23.8 Å². The molecule has 0 saturated carbocycles. The van der Waals surface area contributed by atoms with Gasteiger partial charge in [-0.05, 0) is 31.4 Å². The standard InChI is InChI=1S/C8H13FO3.C7H9FO4/c1-11-6-4-3-5-7(9)8(10)12-2;1-12-7(11)5(8)3-2-4-6(9)10/h5H,3-4,6H2,1-2H3;3H,2,4H2,1H3,(H,9,10)/b7-5-;5-3-. The third-order valence-corrected chi connectivity index (χ3v) is 2.32. The first kappa shape index (κ1) is 24.0. The van der Waals surface area contributed by atoms with Crippen molar-refractivity contribution in [2.45, 2.75) is 25.7 Å². The summed E-state index contributed by atoms with van der Waals surface area (Å²) in [5.74, 6) is -4.94. The third-order valence-electron chi connectivity index (χ3n) is 2.32. The molecule has 0 unspecified atom stereocenters. The molecule has 0 aliphatic rings. The molecule has 0 aliphatic heterocycles. The summed E-state index contributed by atoms with van der Waals surface area (Å²) in [6.07, 6.45) is 3.04. The van der Waals surface area contributed by atoms with E-state index < -0.39 is 29.6 Å². The van der Waals surface area contributed by atoms with Crippen LogP contribution in [0.2, 0.25) is 0 Å². The molecule has 0 rings (SSSR count). The monoisotopic (exact) mass is 352 g/mol. The van der Waals surface area contributed by atoms with Crippen LogP contribution in [0, 0.1) is 0 Å². The van der Waals surface area contributed by atoms with Crippen LogP contribution in [-0.4, -0.2) is 51.0 Å². The summed E-state index contributed by atoms with van der Waals surface area (Å²) in [5.41, 5.74) is 0. The molecule has 0 atom stereocenters. The average Bonchev–Trinajstić information content (AvgIpc) is 2.57. The molecule has 24 heavy (non-hydrogen) atoms. The first-order valence-electron chi connectivity index (χ1n) is 6.88. The molecule has 9 heteroatoms. The maximum absolute atomic E-state index is 12.6. The Morgan fingerprint density at radius 3 is 1.75 bits per heavy atom. The number of hydrogen-bond acceptors (Lipinski definition) is 6. The minimum absolute atomic E-state index is 0.0176. The van der Waals surface area contributed by atoms with Crippen molar-refractivity contribution in [2.24, 2.45) is 0 Å². The van der Waals surface area contributed by atoms with E-state index in [1.807, 2.05) is 0 Å². The van der Waals surface area contributed by atoms with Crippen LogP contribution in [0.25, 0.3) is 0 Å². The summed E-state index contributed by atoms with van der Waals surface area (Å²) in [6.45, 7) is 0.560. The number of carboxylic acid groups (broad SMARTS) is 1. The van der Waals surface area contributed by atoms with Gasteiger partial charge in [-0.25, -0.2) is 9.59 Å². The molecule has 0 saturated heterocycles. The number of carboxylic acids is 1. The predicted octanol–water partition coefficient (Wildman–Crippen LogP) is 2.32. The molecule has 0 aromatic carbocycles. The van der Waals surface area contributed by atoms with Gasteiger partial charge in [0.05, 0.1) is 14.2 Å². The zero-order chi connectivity index (χ0) is 19.0. The summed E-state index contributed by atoms with van der Waals surface area (Å²) in [6, 6.07) is 0. The molecule has 0 heterocycles. The highest BCUT2D eigenvalue weighted by atomic mass is 19.1. The van der Waals surface area contributed by atoms with Crippen molar-refractivity contribution in [3.05, 3.63) is 23.8 Å². The quantitative estimate of drug-likeness (QED) is 0.386. The lowest BCUT2D eigenvalue weighted by Gasteiger charge is -1.95. The zero-order valence-electron chi connectivity index (χ0n) is 13.8. The summed E-state index contributed by atoms with van der Waals surface area (Å²) < 4.78 is 37.9. The number of hydrogen-bond donors (Lipinski definition) is 1. The highest BCUT2D eigenvalue weighted by Crippen LogP contribution is 2.03. The second-order valence-corrected chi connectivity index (χ2v) is 4.15. The Hall–Kier alpha value is -2.29. The van der Waals surface area contributed by atoms with E-state index in [9.17, 15) is 23.2 Å². The molecule has 0 aliphatic carbocycles. The molecular formula is C15H22F2O7. The third kappa shape index (κ3) is 14.6. The molecule has 7 nitrogen and oxygen atoms in total. The fourth-order valence-corrected chi connectivity index (χ4v) is 1.14. The Bertz CT molecular complexity index is 459. The number of ether oxygens (including phenoxy) is 3. The van der Waals surface area contributed by atoms with Crippen LogP contribution < -0.4 is 0 Å². The van der Waals surface area contributed by atoms with Gasteiger partial charge in [0, 0.05) is 20.1 Å². The number of methoxy groups -OCH3 is 3.